The van der Waals surface area contributed by atoms with Crippen LogP contribution in [0.4, 0.5) is 0 Å². The molecule has 2 aromatic rings. The normalized spacial score (nSPS) is 13.7. The average Bonchev–Trinajstić information content (AvgIpc) is 2.57. The maximum Gasteiger partial charge on any atom is 0.276 e. The largest absolute Gasteiger partial charge is 0.457 e. The summed E-state index contributed by atoms with van der Waals surface area (Å²) in [7, 11) is -3.95. The number of hydrogen-bond acceptors (Lipinski definition) is 6. The molecule has 0 bridgehead atoms. The predicted octanol–water partition coefficient (Wildman–Crippen LogP) is 2.13. The molecule has 0 heterocycles. The Balaban J connectivity index is 2.17. The van der Waals surface area contributed by atoms with Gasteiger partial charge >= 0.3 is 0 Å². The smallest absolute Gasteiger partial charge is 0.276 e. The second-order valence-corrected chi connectivity index (χ2v) is 8.28. The molecule has 1 unspecified atom stereocenters. The van der Waals surface area contributed by atoms with Gasteiger partial charge in [-0.15, -0.1) is 0 Å². The van der Waals surface area contributed by atoms with Gasteiger partial charge in [-0.2, -0.15) is 0 Å². The highest BCUT2D eigenvalue weighted by Gasteiger charge is 2.36. The Morgan fingerprint density at radius 3 is 2.19 bits per heavy atom. The minimum absolute atomic E-state index is 0.0732. The lowest BCUT2D eigenvalue weighted by atomic mass is 10.1. The van der Waals surface area contributed by atoms with Crippen molar-refractivity contribution in [2.24, 2.45) is 0 Å². The molecule has 0 aliphatic rings. The number of ether oxygens (including phenoxy) is 1. The van der Waals surface area contributed by atoms with Gasteiger partial charge in [0, 0.05) is 0 Å². The summed E-state index contributed by atoms with van der Waals surface area (Å²) in [5.74, 6) is -0.988. The Morgan fingerprint density at radius 2 is 1.65 bits per heavy atom. The molecular weight excluding hydrogens is 358 g/mol. The number of amides is 1. The van der Waals surface area contributed by atoms with Crippen molar-refractivity contribution in [3.8, 4) is 11.5 Å². The fraction of sp³-hybridized carbons (Fsp3) is 0.278. The van der Waals surface area contributed by atoms with Crippen molar-refractivity contribution in [1.82, 2.24) is 5.48 Å². The second kappa shape index (κ2) is 7.45. The van der Waals surface area contributed by atoms with E-state index < -0.39 is 27.1 Å². The van der Waals surface area contributed by atoms with E-state index in [2.05, 4.69) is 0 Å². The topological polar surface area (TPSA) is 113 Å². The van der Waals surface area contributed by atoms with Gasteiger partial charge in [-0.25, -0.2) is 13.9 Å². The Kier molecular flexibility index (Phi) is 5.70. The molecule has 1 amide bonds. The summed E-state index contributed by atoms with van der Waals surface area (Å²) in [6.07, 6.45) is 0. The number of benzene rings is 2. The molecule has 2 aromatic carbocycles. The number of sulfone groups is 1. The quantitative estimate of drug-likeness (QED) is 0.523. The first-order chi connectivity index (χ1) is 12.0. The number of carbonyl (C=O) groups excluding carboxylic acids is 1. The third-order valence-electron chi connectivity index (χ3n) is 3.96. The van der Waals surface area contributed by atoms with Gasteiger partial charge in [0.2, 0.25) is 0 Å². The van der Waals surface area contributed by atoms with Crippen LogP contribution in [0.5, 0.6) is 11.5 Å². The van der Waals surface area contributed by atoms with Crippen LogP contribution in [0, 0.1) is 13.8 Å². The fourth-order valence-electron chi connectivity index (χ4n) is 2.27. The van der Waals surface area contributed by atoms with Crippen molar-refractivity contribution in [1.29, 1.82) is 0 Å². The Morgan fingerprint density at radius 1 is 1.08 bits per heavy atom. The van der Waals surface area contributed by atoms with E-state index in [1.807, 2.05) is 32.0 Å². The maximum atomic E-state index is 12.4. The van der Waals surface area contributed by atoms with Crippen molar-refractivity contribution in [3.05, 3.63) is 53.6 Å². The van der Waals surface area contributed by atoms with E-state index >= 15 is 0 Å². The summed E-state index contributed by atoms with van der Waals surface area (Å²) in [5.41, 5.74) is 1.20. The summed E-state index contributed by atoms with van der Waals surface area (Å²) in [6.45, 7) is 4.96. The highest BCUT2D eigenvalue weighted by Crippen LogP contribution is 2.26. The summed E-state index contributed by atoms with van der Waals surface area (Å²) >= 11 is 0. The predicted molar refractivity (Wildman–Crippen MR) is 95.0 cm³/mol. The van der Waals surface area contributed by atoms with Crippen LogP contribution in [-0.4, -0.2) is 36.0 Å². The molecule has 0 saturated carbocycles. The van der Waals surface area contributed by atoms with Crippen LogP contribution in [0.1, 0.15) is 18.1 Å². The zero-order chi connectivity index (χ0) is 19.5. The fourth-order valence-corrected chi connectivity index (χ4v) is 3.86. The molecule has 0 radical (unpaired) electrons. The Hall–Kier alpha value is -2.42. The van der Waals surface area contributed by atoms with Gasteiger partial charge < -0.3 is 9.84 Å². The van der Waals surface area contributed by atoms with Crippen molar-refractivity contribution in [2.45, 2.75) is 31.3 Å². The standard InChI is InChI=1S/C18H21NO6S/c1-12-4-5-15(10-13(12)2)25-14-6-8-16(9-7-14)26(23,24)11-18(3,21)17(20)19-22/h4-10,21-22H,11H2,1-3H3,(H,19,20). The first kappa shape index (κ1) is 19.9. The van der Waals surface area contributed by atoms with E-state index in [0.29, 0.717) is 11.5 Å². The Labute approximate surface area is 152 Å². The van der Waals surface area contributed by atoms with E-state index in [1.165, 1.54) is 29.7 Å². The molecule has 0 aliphatic heterocycles. The lowest BCUT2D eigenvalue weighted by Gasteiger charge is -2.20. The number of carbonyl (C=O) groups is 1. The molecular formula is C18H21NO6S. The van der Waals surface area contributed by atoms with Crippen molar-refractivity contribution in [3.63, 3.8) is 0 Å². The first-order valence-electron chi connectivity index (χ1n) is 7.80. The van der Waals surface area contributed by atoms with Gasteiger partial charge in [-0.3, -0.25) is 10.0 Å². The first-order valence-corrected chi connectivity index (χ1v) is 9.45. The molecule has 26 heavy (non-hydrogen) atoms. The second-order valence-electron chi connectivity index (χ2n) is 6.29. The molecule has 0 aliphatic carbocycles. The summed E-state index contributed by atoms with van der Waals surface area (Å²) in [4.78, 5) is 11.3. The van der Waals surface area contributed by atoms with Gasteiger partial charge in [0.25, 0.3) is 5.91 Å². The average molecular weight is 379 g/mol. The van der Waals surface area contributed by atoms with Crippen molar-refractivity contribution >= 4 is 15.7 Å². The van der Waals surface area contributed by atoms with Crippen LogP contribution >= 0.6 is 0 Å². The van der Waals surface area contributed by atoms with Crippen molar-refractivity contribution < 1.29 is 28.3 Å². The third-order valence-corrected chi connectivity index (χ3v) is 5.89. The van der Waals surface area contributed by atoms with Gasteiger partial charge in [-0.1, -0.05) is 6.07 Å². The molecule has 2 rings (SSSR count). The van der Waals surface area contributed by atoms with Crippen LogP contribution in [0.15, 0.2) is 47.4 Å². The van der Waals surface area contributed by atoms with Gasteiger partial charge in [0.05, 0.1) is 10.6 Å². The van der Waals surface area contributed by atoms with Gasteiger partial charge in [-0.05, 0) is 68.3 Å². The number of nitrogens with one attached hydrogen (secondary N) is 1. The highest BCUT2D eigenvalue weighted by molar-refractivity contribution is 7.91. The number of hydrogen-bond donors (Lipinski definition) is 3. The van der Waals surface area contributed by atoms with Gasteiger partial charge in [0.1, 0.15) is 11.5 Å². The third kappa shape index (κ3) is 4.60. The molecule has 0 spiro atoms. The molecule has 3 N–H and O–H groups in total. The summed E-state index contributed by atoms with van der Waals surface area (Å²) in [6, 6.07) is 11.3. The highest BCUT2D eigenvalue weighted by atomic mass is 32.2. The van der Waals surface area contributed by atoms with E-state index in [0.717, 1.165) is 18.1 Å². The van der Waals surface area contributed by atoms with E-state index in [-0.39, 0.29) is 4.90 Å². The number of rotatable bonds is 6. The molecule has 0 saturated heterocycles. The molecule has 140 valence electrons. The zero-order valence-electron chi connectivity index (χ0n) is 14.7. The van der Waals surface area contributed by atoms with E-state index in [1.54, 1.807) is 0 Å². The summed E-state index contributed by atoms with van der Waals surface area (Å²) < 4.78 is 30.4. The monoisotopic (exact) mass is 379 g/mol. The lowest BCUT2D eigenvalue weighted by Crippen LogP contribution is -2.48. The minimum atomic E-state index is -3.95. The van der Waals surface area contributed by atoms with Crippen LogP contribution in [0.25, 0.3) is 0 Å². The number of aliphatic hydroxyl groups is 1. The lowest BCUT2D eigenvalue weighted by molar-refractivity contribution is -0.144. The molecule has 0 fully saturated rings. The molecule has 0 aromatic heterocycles. The van der Waals surface area contributed by atoms with Crippen LogP contribution in [0.2, 0.25) is 0 Å². The van der Waals surface area contributed by atoms with E-state index in [9.17, 15) is 18.3 Å². The molecule has 8 heteroatoms. The van der Waals surface area contributed by atoms with Crippen LogP contribution < -0.4 is 10.2 Å². The number of hydroxylamine groups is 1. The molecule has 1 atom stereocenters. The molecule has 7 nitrogen and oxygen atoms in total. The number of aryl methyl sites for hydroxylation is 2. The SMILES string of the molecule is Cc1ccc(Oc2ccc(S(=O)(=O)CC(C)(O)C(=O)NO)cc2)cc1C. The minimum Gasteiger partial charge on any atom is -0.457 e. The van der Waals surface area contributed by atoms with Gasteiger partial charge in [0.15, 0.2) is 15.4 Å². The Bertz CT molecular complexity index is 904. The zero-order valence-corrected chi connectivity index (χ0v) is 15.5. The maximum absolute atomic E-state index is 12.4. The van der Waals surface area contributed by atoms with Crippen LogP contribution in [-0.2, 0) is 14.6 Å². The van der Waals surface area contributed by atoms with E-state index in [4.69, 9.17) is 9.94 Å². The summed E-state index contributed by atoms with van der Waals surface area (Å²) in [5, 5.41) is 18.5. The van der Waals surface area contributed by atoms with Crippen molar-refractivity contribution in [2.75, 3.05) is 5.75 Å². The van der Waals surface area contributed by atoms with Crippen LogP contribution in [0.3, 0.4) is 0 Å².